The van der Waals surface area contributed by atoms with Crippen molar-refractivity contribution in [2.45, 2.75) is 71.2 Å². The first kappa shape index (κ1) is 25.3. The number of tetrazole rings is 1. The molecule has 0 spiro atoms. The third-order valence-electron chi connectivity index (χ3n) is 7.33. The lowest BCUT2D eigenvalue weighted by Crippen LogP contribution is -2.35. The van der Waals surface area contributed by atoms with Crippen LogP contribution in [0.1, 0.15) is 61.2 Å². The van der Waals surface area contributed by atoms with Crippen LogP contribution in [-0.4, -0.2) is 49.3 Å². The van der Waals surface area contributed by atoms with E-state index in [0.29, 0.717) is 13.1 Å². The van der Waals surface area contributed by atoms with E-state index in [9.17, 15) is 4.79 Å². The normalized spacial score (nSPS) is 16.6. The molecule has 3 heterocycles. The second kappa shape index (κ2) is 11.8. The number of nitrogens with zero attached hydrogens (tertiary/aromatic N) is 5. The molecule has 1 aliphatic rings. The van der Waals surface area contributed by atoms with Crippen molar-refractivity contribution in [2.75, 3.05) is 13.2 Å². The molecular weight excluding hydrogens is 464 g/mol. The molecule has 0 aliphatic carbocycles. The summed E-state index contributed by atoms with van der Waals surface area (Å²) in [7, 11) is 0. The minimum Gasteiger partial charge on any atom is -0.376 e. The molecule has 37 heavy (non-hydrogen) atoms. The van der Waals surface area contributed by atoms with Crippen molar-refractivity contribution in [1.29, 1.82) is 0 Å². The Morgan fingerprint density at radius 2 is 2.05 bits per heavy atom. The number of para-hydroxylation sites is 1. The second-order valence-corrected chi connectivity index (χ2v) is 10.0. The summed E-state index contributed by atoms with van der Waals surface area (Å²) in [5.41, 5.74) is 3.95. The molecule has 2 unspecified atom stereocenters. The highest BCUT2D eigenvalue weighted by atomic mass is 16.5. The van der Waals surface area contributed by atoms with E-state index >= 15 is 0 Å². The SMILES string of the molecule is CCCC(c1nnnn1CC1CCCO1)N(CCc1ccccc1)Cc1cc2cccc(C)c2[nH]c1=O. The van der Waals surface area contributed by atoms with Crippen LogP contribution in [-0.2, 0) is 24.2 Å². The molecule has 8 nitrogen and oxygen atoms in total. The summed E-state index contributed by atoms with van der Waals surface area (Å²) >= 11 is 0. The first-order chi connectivity index (χ1) is 18.1. The van der Waals surface area contributed by atoms with Crippen molar-refractivity contribution in [1.82, 2.24) is 30.1 Å². The van der Waals surface area contributed by atoms with Crippen LogP contribution in [0.2, 0.25) is 0 Å². The first-order valence-corrected chi connectivity index (χ1v) is 13.4. The zero-order valence-corrected chi connectivity index (χ0v) is 21.8. The van der Waals surface area contributed by atoms with Gasteiger partial charge < -0.3 is 9.72 Å². The molecule has 1 N–H and O–H groups in total. The van der Waals surface area contributed by atoms with Gasteiger partial charge in [0.15, 0.2) is 5.82 Å². The number of ether oxygens (including phenoxy) is 1. The Morgan fingerprint density at radius 3 is 2.84 bits per heavy atom. The van der Waals surface area contributed by atoms with E-state index in [1.54, 1.807) is 0 Å². The lowest BCUT2D eigenvalue weighted by Gasteiger charge is -2.31. The van der Waals surface area contributed by atoms with Crippen LogP contribution in [0, 0.1) is 6.92 Å². The van der Waals surface area contributed by atoms with Crippen LogP contribution < -0.4 is 5.56 Å². The number of hydrogen-bond acceptors (Lipinski definition) is 6. The predicted octanol–water partition coefficient (Wildman–Crippen LogP) is 4.59. The summed E-state index contributed by atoms with van der Waals surface area (Å²) in [5, 5.41) is 13.9. The lowest BCUT2D eigenvalue weighted by atomic mass is 10.0. The standard InChI is InChI=1S/C29H36N6O2/c1-3-9-26(28-31-32-33-35(28)20-25-14-8-17-37-25)34(16-15-22-11-5-4-6-12-22)19-24-18-23-13-7-10-21(2)27(23)30-29(24)36/h4-7,10-13,18,25-26H,3,8-9,14-17,19-20H2,1-2H3,(H,30,36). The third-order valence-corrected chi connectivity index (χ3v) is 7.33. The molecule has 0 saturated carbocycles. The van der Waals surface area contributed by atoms with Crippen molar-refractivity contribution in [3.63, 3.8) is 0 Å². The highest BCUT2D eigenvalue weighted by molar-refractivity contribution is 5.81. The maximum atomic E-state index is 13.2. The van der Waals surface area contributed by atoms with Gasteiger partial charge in [0.2, 0.25) is 0 Å². The van der Waals surface area contributed by atoms with Crippen LogP contribution in [0.15, 0.2) is 59.4 Å². The lowest BCUT2D eigenvalue weighted by molar-refractivity contribution is 0.0890. The van der Waals surface area contributed by atoms with Crippen LogP contribution in [0.3, 0.4) is 0 Å². The van der Waals surface area contributed by atoms with Gasteiger partial charge in [-0.15, -0.1) is 5.10 Å². The summed E-state index contributed by atoms with van der Waals surface area (Å²) in [5.74, 6) is 0.846. The van der Waals surface area contributed by atoms with E-state index in [4.69, 9.17) is 4.74 Å². The minimum atomic E-state index is -0.0410. The van der Waals surface area contributed by atoms with E-state index in [1.807, 2.05) is 35.9 Å². The molecule has 2 aromatic heterocycles. The number of aryl methyl sites for hydroxylation is 1. The molecule has 8 heteroatoms. The van der Waals surface area contributed by atoms with E-state index in [2.05, 4.69) is 62.7 Å². The molecule has 1 fully saturated rings. The molecule has 2 aromatic carbocycles. The highest BCUT2D eigenvalue weighted by Gasteiger charge is 2.28. The largest absolute Gasteiger partial charge is 0.376 e. The van der Waals surface area contributed by atoms with E-state index < -0.39 is 0 Å². The smallest absolute Gasteiger partial charge is 0.252 e. The Hall–Kier alpha value is -3.36. The topological polar surface area (TPSA) is 88.9 Å². The van der Waals surface area contributed by atoms with Crippen LogP contribution >= 0.6 is 0 Å². The summed E-state index contributed by atoms with van der Waals surface area (Å²) in [6.45, 7) is 6.96. The second-order valence-electron chi connectivity index (χ2n) is 10.0. The fourth-order valence-electron chi connectivity index (χ4n) is 5.34. The van der Waals surface area contributed by atoms with Crippen molar-refractivity contribution in [3.05, 3.63) is 87.5 Å². The average Bonchev–Trinajstić information content (AvgIpc) is 3.59. The van der Waals surface area contributed by atoms with E-state index in [1.165, 1.54) is 5.56 Å². The summed E-state index contributed by atoms with van der Waals surface area (Å²) in [6, 6.07) is 18.6. The molecule has 0 bridgehead atoms. The van der Waals surface area contributed by atoms with Gasteiger partial charge in [-0.25, -0.2) is 4.68 Å². The summed E-state index contributed by atoms with van der Waals surface area (Å²) < 4.78 is 7.79. The van der Waals surface area contributed by atoms with Gasteiger partial charge in [0.05, 0.1) is 24.2 Å². The van der Waals surface area contributed by atoms with Crippen molar-refractivity contribution < 1.29 is 4.74 Å². The van der Waals surface area contributed by atoms with Crippen molar-refractivity contribution in [2.24, 2.45) is 0 Å². The number of benzene rings is 2. The maximum Gasteiger partial charge on any atom is 0.252 e. The average molecular weight is 501 g/mol. The number of pyridine rings is 1. The van der Waals surface area contributed by atoms with Gasteiger partial charge >= 0.3 is 0 Å². The highest BCUT2D eigenvalue weighted by Crippen LogP contribution is 2.27. The molecule has 5 rings (SSSR count). The molecule has 0 radical (unpaired) electrons. The van der Waals surface area contributed by atoms with Crippen LogP contribution in [0.25, 0.3) is 10.9 Å². The molecule has 4 aromatic rings. The van der Waals surface area contributed by atoms with Gasteiger partial charge in [0.1, 0.15) is 0 Å². The fraction of sp³-hybridized carbons (Fsp3) is 0.448. The van der Waals surface area contributed by atoms with Gasteiger partial charge in [-0.05, 0) is 65.6 Å². The summed E-state index contributed by atoms with van der Waals surface area (Å²) in [4.78, 5) is 18.7. The quantitative estimate of drug-likeness (QED) is 0.324. The predicted molar refractivity (Wildman–Crippen MR) is 144 cm³/mol. The number of H-pyrrole nitrogens is 1. The van der Waals surface area contributed by atoms with Crippen molar-refractivity contribution in [3.8, 4) is 0 Å². The Kier molecular flexibility index (Phi) is 8.06. The van der Waals surface area contributed by atoms with E-state index in [0.717, 1.165) is 73.1 Å². The number of fused-ring (bicyclic) bond motifs is 1. The third kappa shape index (κ3) is 5.97. The monoisotopic (exact) mass is 500 g/mol. The maximum absolute atomic E-state index is 13.2. The first-order valence-electron chi connectivity index (χ1n) is 13.4. The van der Waals surface area contributed by atoms with Gasteiger partial charge in [-0.3, -0.25) is 9.69 Å². The molecule has 194 valence electrons. The zero-order chi connectivity index (χ0) is 25.6. The van der Waals surface area contributed by atoms with Crippen LogP contribution in [0.4, 0.5) is 0 Å². The molecule has 1 saturated heterocycles. The Labute approximate surface area is 217 Å². The molecule has 1 aliphatic heterocycles. The van der Waals surface area contributed by atoms with Gasteiger partial charge in [-0.2, -0.15) is 0 Å². The number of hydrogen-bond donors (Lipinski definition) is 1. The van der Waals surface area contributed by atoms with E-state index in [-0.39, 0.29) is 17.7 Å². The number of nitrogens with one attached hydrogen (secondary N) is 1. The Bertz CT molecular complexity index is 1360. The minimum absolute atomic E-state index is 0.0160. The van der Waals surface area contributed by atoms with Gasteiger partial charge in [-0.1, -0.05) is 61.9 Å². The molecule has 2 atom stereocenters. The number of aromatic amines is 1. The number of aromatic nitrogens is 5. The van der Waals surface area contributed by atoms with Crippen LogP contribution in [0.5, 0.6) is 0 Å². The zero-order valence-electron chi connectivity index (χ0n) is 21.8. The Balaban J connectivity index is 1.48. The fourth-order valence-corrected chi connectivity index (χ4v) is 5.34. The molecular formula is C29H36N6O2. The van der Waals surface area contributed by atoms with Crippen molar-refractivity contribution >= 4 is 10.9 Å². The van der Waals surface area contributed by atoms with Gasteiger partial charge in [0.25, 0.3) is 5.56 Å². The molecule has 0 amide bonds. The Morgan fingerprint density at radius 1 is 1.19 bits per heavy atom. The van der Waals surface area contributed by atoms with Gasteiger partial charge in [0, 0.05) is 25.3 Å². The number of rotatable bonds is 11. The summed E-state index contributed by atoms with van der Waals surface area (Å²) in [6.07, 6.45) is 5.00.